The first-order valence-electron chi connectivity index (χ1n) is 7.21. The number of esters is 3. The van der Waals surface area contributed by atoms with Gasteiger partial charge in [-0.1, -0.05) is 19.7 Å². The molecule has 0 spiro atoms. The van der Waals surface area contributed by atoms with Crippen LogP contribution in [0.3, 0.4) is 0 Å². The first-order chi connectivity index (χ1) is 11.8. The van der Waals surface area contributed by atoms with Gasteiger partial charge in [-0.25, -0.2) is 19.2 Å². The molecule has 9 heteroatoms. The highest BCUT2D eigenvalue weighted by molar-refractivity contribution is 5.82. The largest absolute Gasteiger partial charge is 0.462 e. The van der Waals surface area contributed by atoms with Crippen LogP contribution >= 0.6 is 0 Å². The van der Waals surface area contributed by atoms with Crippen LogP contribution in [0.5, 0.6) is 0 Å². The van der Waals surface area contributed by atoms with Crippen LogP contribution < -0.4 is 5.73 Å². The molecule has 0 saturated carbocycles. The Morgan fingerprint density at radius 3 is 1.52 bits per heavy atom. The normalized spacial score (nSPS) is 12.0. The van der Waals surface area contributed by atoms with Gasteiger partial charge in [-0.3, -0.25) is 0 Å². The summed E-state index contributed by atoms with van der Waals surface area (Å²) in [4.78, 5) is 44.6. The second kappa shape index (κ2) is 12.3. The van der Waals surface area contributed by atoms with Gasteiger partial charge in [-0.05, 0) is 0 Å². The summed E-state index contributed by atoms with van der Waals surface area (Å²) in [7, 11) is 0. The molecule has 2 unspecified atom stereocenters. The topological polar surface area (TPSA) is 131 Å². The van der Waals surface area contributed by atoms with Crippen LogP contribution in [0.2, 0.25) is 0 Å². The molecule has 9 nitrogen and oxygen atoms in total. The summed E-state index contributed by atoms with van der Waals surface area (Å²) in [6.07, 6.45) is -0.283. The molecule has 25 heavy (non-hydrogen) atoms. The van der Waals surface area contributed by atoms with Gasteiger partial charge < -0.3 is 24.7 Å². The highest BCUT2D eigenvalue weighted by Gasteiger charge is 2.28. The third kappa shape index (κ3) is 10.3. The lowest BCUT2D eigenvalue weighted by Crippen LogP contribution is -2.38. The number of carbonyl (C=O) groups excluding carboxylic acids is 4. The van der Waals surface area contributed by atoms with E-state index in [9.17, 15) is 19.2 Å². The van der Waals surface area contributed by atoms with Crippen LogP contribution in [0.1, 0.15) is 12.8 Å². The maximum Gasteiger partial charge on any atom is 0.404 e. The monoisotopic (exact) mass is 355 g/mol. The van der Waals surface area contributed by atoms with Gasteiger partial charge in [0.25, 0.3) is 0 Å². The van der Waals surface area contributed by atoms with Crippen molar-refractivity contribution in [3.63, 3.8) is 0 Å². The number of hydrogen-bond donors (Lipinski definition) is 1. The first-order valence-corrected chi connectivity index (χ1v) is 7.21. The van der Waals surface area contributed by atoms with Crippen molar-refractivity contribution in [3.05, 3.63) is 38.0 Å². The molecule has 0 aliphatic rings. The third-order valence-corrected chi connectivity index (χ3v) is 2.74. The quantitative estimate of drug-likeness (QED) is 0.309. The van der Waals surface area contributed by atoms with Crippen LogP contribution in [0.25, 0.3) is 0 Å². The van der Waals surface area contributed by atoms with Crippen molar-refractivity contribution in [2.45, 2.75) is 25.0 Å². The van der Waals surface area contributed by atoms with E-state index in [0.29, 0.717) is 0 Å². The summed E-state index contributed by atoms with van der Waals surface area (Å²) in [6.45, 7) is 9.48. The highest BCUT2D eigenvalue weighted by atomic mass is 16.6. The Kier molecular flexibility index (Phi) is 10.8. The van der Waals surface area contributed by atoms with Crippen LogP contribution in [0.4, 0.5) is 4.79 Å². The van der Waals surface area contributed by atoms with Crippen LogP contribution in [-0.2, 0) is 33.3 Å². The molecule has 138 valence electrons. The predicted molar refractivity (Wildman–Crippen MR) is 86.1 cm³/mol. The zero-order valence-electron chi connectivity index (χ0n) is 13.7. The van der Waals surface area contributed by atoms with E-state index in [-0.39, 0.29) is 26.1 Å². The molecular weight excluding hydrogens is 334 g/mol. The Morgan fingerprint density at radius 2 is 1.16 bits per heavy atom. The Hall–Kier alpha value is -3.10. The molecule has 0 heterocycles. The lowest BCUT2D eigenvalue weighted by atomic mass is 10.1. The van der Waals surface area contributed by atoms with E-state index in [4.69, 9.17) is 24.7 Å². The van der Waals surface area contributed by atoms with Crippen LogP contribution in [0, 0.1) is 0 Å². The Morgan fingerprint density at radius 1 is 0.760 bits per heavy atom. The van der Waals surface area contributed by atoms with Crippen molar-refractivity contribution in [3.8, 4) is 0 Å². The van der Waals surface area contributed by atoms with E-state index in [1.807, 2.05) is 0 Å². The average Bonchev–Trinajstić information content (AvgIpc) is 2.58. The van der Waals surface area contributed by atoms with Gasteiger partial charge in [-0.2, -0.15) is 0 Å². The van der Waals surface area contributed by atoms with Gasteiger partial charge in [0.1, 0.15) is 12.2 Å². The fourth-order valence-corrected chi connectivity index (χ4v) is 1.66. The second-order valence-corrected chi connectivity index (χ2v) is 4.48. The summed E-state index contributed by atoms with van der Waals surface area (Å²) in [5.74, 6) is -2.11. The fraction of sp³-hybridized carbons (Fsp3) is 0.375. The van der Waals surface area contributed by atoms with Gasteiger partial charge in [0.2, 0.25) is 0 Å². The number of carbonyl (C=O) groups is 4. The van der Waals surface area contributed by atoms with Gasteiger partial charge in [0, 0.05) is 31.1 Å². The summed E-state index contributed by atoms with van der Waals surface area (Å²) >= 11 is 0. The molecule has 0 bridgehead atoms. The van der Waals surface area contributed by atoms with Gasteiger partial charge in [0.05, 0.1) is 13.2 Å². The SMILES string of the molecule is C=CC(=O)OCCC(OC(N)=O)C(CCOC(=O)C=C)OC(=O)C=C. The second-order valence-electron chi connectivity index (χ2n) is 4.48. The lowest BCUT2D eigenvalue weighted by Gasteiger charge is -2.25. The summed E-state index contributed by atoms with van der Waals surface area (Å²) in [5, 5.41) is 0. The average molecular weight is 355 g/mol. The van der Waals surface area contributed by atoms with Gasteiger partial charge in [0.15, 0.2) is 0 Å². The number of hydrogen-bond acceptors (Lipinski definition) is 8. The summed E-state index contributed by atoms with van der Waals surface area (Å²) < 4.78 is 19.6. The van der Waals surface area contributed by atoms with E-state index >= 15 is 0 Å². The van der Waals surface area contributed by atoms with E-state index in [2.05, 4.69) is 19.7 Å². The summed E-state index contributed by atoms with van der Waals surface area (Å²) in [5.41, 5.74) is 5.01. The van der Waals surface area contributed by atoms with Crippen molar-refractivity contribution < 1.29 is 38.1 Å². The van der Waals surface area contributed by atoms with E-state index in [1.165, 1.54) is 0 Å². The van der Waals surface area contributed by atoms with Crippen molar-refractivity contribution in [2.24, 2.45) is 5.73 Å². The Labute approximate surface area is 145 Å². The molecular formula is C16H21NO8. The van der Waals surface area contributed by atoms with Crippen molar-refractivity contribution >= 4 is 24.0 Å². The predicted octanol–water partition coefficient (Wildman–Crippen LogP) is 0.787. The minimum absolute atomic E-state index is 0.00646. The van der Waals surface area contributed by atoms with Crippen molar-refractivity contribution in [2.75, 3.05) is 13.2 Å². The molecule has 0 rings (SSSR count). The number of amides is 1. The summed E-state index contributed by atoms with van der Waals surface area (Å²) in [6, 6.07) is 0. The standard InChI is InChI=1S/C16H21NO8/c1-4-13(18)22-9-7-11(24-15(20)6-3)12(25-16(17)21)8-10-23-14(19)5-2/h4-6,11-12H,1-3,7-10H2,(H2,17,21). The van der Waals surface area contributed by atoms with Crippen molar-refractivity contribution in [1.29, 1.82) is 0 Å². The van der Waals surface area contributed by atoms with E-state index in [1.54, 1.807) is 0 Å². The van der Waals surface area contributed by atoms with E-state index in [0.717, 1.165) is 18.2 Å². The molecule has 1 amide bonds. The number of nitrogens with two attached hydrogens (primary N) is 1. The van der Waals surface area contributed by atoms with Crippen LogP contribution in [-0.4, -0.2) is 49.4 Å². The molecule has 0 aromatic carbocycles. The minimum Gasteiger partial charge on any atom is -0.462 e. The molecule has 0 fully saturated rings. The number of primary amides is 1. The molecule has 0 radical (unpaired) electrons. The zero-order chi connectivity index (χ0) is 19.2. The van der Waals surface area contributed by atoms with E-state index < -0.39 is 36.2 Å². The molecule has 0 aliphatic carbocycles. The molecule has 2 atom stereocenters. The fourth-order valence-electron chi connectivity index (χ4n) is 1.66. The number of rotatable bonds is 12. The van der Waals surface area contributed by atoms with Crippen molar-refractivity contribution in [1.82, 2.24) is 0 Å². The molecule has 0 saturated heterocycles. The van der Waals surface area contributed by atoms with Gasteiger partial charge >= 0.3 is 24.0 Å². The first kappa shape index (κ1) is 21.9. The highest BCUT2D eigenvalue weighted by Crippen LogP contribution is 2.14. The lowest BCUT2D eigenvalue weighted by molar-refractivity contribution is -0.153. The van der Waals surface area contributed by atoms with Crippen LogP contribution in [0.15, 0.2) is 38.0 Å². The smallest absolute Gasteiger partial charge is 0.404 e. The maximum absolute atomic E-state index is 11.5. The third-order valence-electron chi connectivity index (χ3n) is 2.74. The number of ether oxygens (including phenoxy) is 4. The Balaban J connectivity index is 4.96. The molecule has 2 N–H and O–H groups in total. The maximum atomic E-state index is 11.5. The molecule has 0 aromatic rings. The van der Waals surface area contributed by atoms with Gasteiger partial charge in [-0.15, -0.1) is 0 Å². The zero-order valence-corrected chi connectivity index (χ0v) is 13.7. The Bertz CT molecular complexity index is 528. The minimum atomic E-state index is -1.11. The molecule has 0 aromatic heterocycles. The molecule has 0 aliphatic heterocycles.